The van der Waals surface area contributed by atoms with Crippen molar-refractivity contribution in [3.63, 3.8) is 0 Å². The minimum atomic E-state index is -0.0767. The van der Waals surface area contributed by atoms with Crippen molar-refractivity contribution >= 4 is 11.7 Å². The smallest absolute Gasteiger partial charge is 0.229 e. The summed E-state index contributed by atoms with van der Waals surface area (Å²) in [6, 6.07) is 7.48. The Labute approximate surface area is 112 Å². The van der Waals surface area contributed by atoms with E-state index in [2.05, 4.69) is 15.5 Å². The molecule has 100 valence electrons. The molecule has 0 aliphatic rings. The van der Waals surface area contributed by atoms with Crippen molar-refractivity contribution in [2.75, 3.05) is 12.4 Å². The summed E-state index contributed by atoms with van der Waals surface area (Å²) in [4.78, 5) is 11.9. The largest absolute Gasteiger partial charge is 0.497 e. The van der Waals surface area contributed by atoms with Crippen LogP contribution in [0.2, 0.25) is 0 Å². The topological polar surface area (TPSA) is 67.0 Å². The molecule has 1 aromatic carbocycles. The second-order valence-corrected chi connectivity index (χ2v) is 4.20. The van der Waals surface area contributed by atoms with Crippen LogP contribution in [0.5, 0.6) is 5.75 Å². The van der Waals surface area contributed by atoms with E-state index < -0.39 is 0 Å². The van der Waals surface area contributed by atoms with Crippen molar-refractivity contribution in [2.24, 2.45) is 0 Å². The normalized spacial score (nSPS) is 10.2. The van der Waals surface area contributed by atoms with E-state index in [-0.39, 0.29) is 5.91 Å². The molecule has 2 N–H and O–H groups in total. The predicted octanol–water partition coefficient (Wildman–Crippen LogP) is 2.16. The fraction of sp³-hybridized carbons (Fsp3) is 0.286. The van der Waals surface area contributed by atoms with Gasteiger partial charge in [0.25, 0.3) is 0 Å². The molecular formula is C14H17N3O2. The average Bonchev–Trinajstić information content (AvgIpc) is 2.86. The fourth-order valence-corrected chi connectivity index (χ4v) is 1.84. The van der Waals surface area contributed by atoms with Crippen molar-refractivity contribution < 1.29 is 9.53 Å². The van der Waals surface area contributed by atoms with Gasteiger partial charge in [-0.15, -0.1) is 0 Å². The Morgan fingerprint density at radius 1 is 1.47 bits per heavy atom. The van der Waals surface area contributed by atoms with E-state index in [0.717, 1.165) is 23.3 Å². The van der Waals surface area contributed by atoms with Crippen molar-refractivity contribution in [3.05, 3.63) is 41.6 Å². The summed E-state index contributed by atoms with van der Waals surface area (Å²) in [6.07, 6.45) is 2.85. The van der Waals surface area contributed by atoms with Gasteiger partial charge in [0.05, 0.1) is 19.7 Å². The molecule has 0 unspecified atom stereocenters. The van der Waals surface area contributed by atoms with Gasteiger partial charge in [0.2, 0.25) is 5.91 Å². The van der Waals surface area contributed by atoms with Crippen LogP contribution in [0.25, 0.3) is 0 Å². The van der Waals surface area contributed by atoms with E-state index >= 15 is 0 Å². The highest BCUT2D eigenvalue weighted by molar-refractivity contribution is 5.92. The molecule has 19 heavy (non-hydrogen) atoms. The standard InChI is InChI=1S/C14H17N3O2/c1-3-11-9-15-17-14(11)16-13(18)8-10-5-4-6-12(7-10)19-2/h4-7,9H,3,8H2,1-2H3,(H2,15,16,17,18). The summed E-state index contributed by atoms with van der Waals surface area (Å²) < 4.78 is 5.13. The number of amides is 1. The van der Waals surface area contributed by atoms with Crippen LogP contribution in [-0.4, -0.2) is 23.2 Å². The molecule has 0 aliphatic heterocycles. The summed E-state index contributed by atoms with van der Waals surface area (Å²) in [7, 11) is 1.61. The quantitative estimate of drug-likeness (QED) is 0.864. The van der Waals surface area contributed by atoms with E-state index in [9.17, 15) is 4.79 Å². The number of hydrogen-bond donors (Lipinski definition) is 2. The summed E-state index contributed by atoms with van der Waals surface area (Å²) in [5, 5.41) is 9.54. The van der Waals surface area contributed by atoms with E-state index in [0.29, 0.717) is 12.2 Å². The number of H-pyrrole nitrogens is 1. The molecule has 2 rings (SSSR count). The minimum Gasteiger partial charge on any atom is -0.497 e. The van der Waals surface area contributed by atoms with Gasteiger partial charge in [-0.1, -0.05) is 19.1 Å². The molecule has 5 nitrogen and oxygen atoms in total. The number of aromatic nitrogens is 2. The van der Waals surface area contributed by atoms with Crippen LogP contribution in [0.15, 0.2) is 30.5 Å². The molecule has 0 bridgehead atoms. The van der Waals surface area contributed by atoms with Gasteiger partial charge in [0, 0.05) is 5.56 Å². The van der Waals surface area contributed by atoms with Crippen molar-refractivity contribution in [1.82, 2.24) is 10.2 Å². The molecule has 0 saturated heterocycles. The maximum atomic E-state index is 11.9. The highest BCUT2D eigenvalue weighted by atomic mass is 16.5. The third-order valence-electron chi connectivity index (χ3n) is 2.86. The highest BCUT2D eigenvalue weighted by Gasteiger charge is 2.09. The Morgan fingerprint density at radius 3 is 3.05 bits per heavy atom. The number of rotatable bonds is 5. The lowest BCUT2D eigenvalue weighted by molar-refractivity contribution is -0.115. The van der Waals surface area contributed by atoms with Gasteiger partial charge in [0.1, 0.15) is 11.6 Å². The number of aromatic amines is 1. The zero-order valence-electron chi connectivity index (χ0n) is 11.1. The molecule has 0 saturated carbocycles. The van der Waals surface area contributed by atoms with Gasteiger partial charge in [-0.05, 0) is 24.1 Å². The zero-order chi connectivity index (χ0) is 13.7. The third-order valence-corrected chi connectivity index (χ3v) is 2.86. The first-order valence-corrected chi connectivity index (χ1v) is 6.18. The van der Waals surface area contributed by atoms with Crippen LogP contribution < -0.4 is 10.1 Å². The van der Waals surface area contributed by atoms with Crippen molar-refractivity contribution in [3.8, 4) is 5.75 Å². The first-order valence-electron chi connectivity index (χ1n) is 6.18. The lowest BCUT2D eigenvalue weighted by Crippen LogP contribution is -2.15. The number of ether oxygens (including phenoxy) is 1. The monoisotopic (exact) mass is 259 g/mol. The molecule has 1 amide bonds. The molecule has 0 radical (unpaired) electrons. The second-order valence-electron chi connectivity index (χ2n) is 4.20. The van der Waals surface area contributed by atoms with Crippen LogP contribution in [0.3, 0.4) is 0 Å². The molecular weight excluding hydrogens is 242 g/mol. The lowest BCUT2D eigenvalue weighted by Gasteiger charge is -2.06. The Bertz CT molecular complexity index is 563. The zero-order valence-corrected chi connectivity index (χ0v) is 11.1. The molecule has 1 heterocycles. The van der Waals surface area contributed by atoms with Gasteiger partial charge in [-0.3, -0.25) is 9.89 Å². The van der Waals surface area contributed by atoms with Crippen LogP contribution in [0.4, 0.5) is 5.82 Å². The molecule has 0 fully saturated rings. The Morgan fingerprint density at radius 2 is 2.32 bits per heavy atom. The second kappa shape index (κ2) is 6.04. The predicted molar refractivity (Wildman–Crippen MR) is 73.3 cm³/mol. The van der Waals surface area contributed by atoms with Gasteiger partial charge >= 0.3 is 0 Å². The molecule has 5 heteroatoms. The molecule has 0 aliphatic carbocycles. The van der Waals surface area contributed by atoms with Gasteiger partial charge in [-0.2, -0.15) is 5.10 Å². The fourth-order valence-electron chi connectivity index (χ4n) is 1.84. The number of methoxy groups -OCH3 is 1. The first kappa shape index (κ1) is 13.1. The number of nitrogens with zero attached hydrogens (tertiary/aromatic N) is 1. The maximum absolute atomic E-state index is 11.9. The van der Waals surface area contributed by atoms with Gasteiger partial charge in [0.15, 0.2) is 0 Å². The van der Waals surface area contributed by atoms with Crippen molar-refractivity contribution in [1.29, 1.82) is 0 Å². The summed E-state index contributed by atoms with van der Waals surface area (Å²) in [5.41, 5.74) is 1.91. The number of carbonyl (C=O) groups is 1. The first-order chi connectivity index (χ1) is 9.22. The minimum absolute atomic E-state index is 0.0767. The van der Waals surface area contributed by atoms with E-state index in [1.165, 1.54) is 0 Å². The Balaban J connectivity index is 2.01. The summed E-state index contributed by atoms with van der Waals surface area (Å²) in [5.74, 6) is 1.35. The average molecular weight is 259 g/mol. The number of aryl methyl sites for hydroxylation is 1. The molecule has 1 aromatic heterocycles. The maximum Gasteiger partial charge on any atom is 0.229 e. The van der Waals surface area contributed by atoms with Crippen LogP contribution in [-0.2, 0) is 17.6 Å². The third kappa shape index (κ3) is 3.34. The molecule has 0 spiro atoms. The molecule has 0 atom stereocenters. The number of hydrogen-bond acceptors (Lipinski definition) is 3. The van der Waals surface area contributed by atoms with Gasteiger partial charge in [-0.25, -0.2) is 0 Å². The SMILES string of the molecule is CCc1cn[nH]c1NC(=O)Cc1cccc(OC)c1. The Kier molecular flexibility index (Phi) is 4.18. The van der Waals surface area contributed by atoms with E-state index in [1.807, 2.05) is 31.2 Å². The van der Waals surface area contributed by atoms with Crippen LogP contribution in [0, 0.1) is 0 Å². The summed E-state index contributed by atoms with van der Waals surface area (Å²) >= 11 is 0. The van der Waals surface area contributed by atoms with E-state index in [4.69, 9.17) is 4.74 Å². The summed E-state index contributed by atoms with van der Waals surface area (Å²) in [6.45, 7) is 2.02. The number of nitrogens with one attached hydrogen (secondary N) is 2. The molecule has 2 aromatic rings. The lowest BCUT2D eigenvalue weighted by atomic mass is 10.1. The number of carbonyl (C=O) groups excluding carboxylic acids is 1. The van der Waals surface area contributed by atoms with Crippen LogP contribution >= 0.6 is 0 Å². The van der Waals surface area contributed by atoms with Gasteiger partial charge < -0.3 is 10.1 Å². The van der Waals surface area contributed by atoms with Crippen LogP contribution in [0.1, 0.15) is 18.1 Å². The van der Waals surface area contributed by atoms with E-state index in [1.54, 1.807) is 13.3 Å². The number of benzene rings is 1. The number of anilines is 1. The van der Waals surface area contributed by atoms with Crippen molar-refractivity contribution in [2.45, 2.75) is 19.8 Å². The Hall–Kier alpha value is -2.30. The highest BCUT2D eigenvalue weighted by Crippen LogP contribution is 2.15.